The van der Waals surface area contributed by atoms with Gasteiger partial charge >= 0.3 is 0 Å². The van der Waals surface area contributed by atoms with Gasteiger partial charge in [-0.1, -0.05) is 13.8 Å². The lowest BCUT2D eigenvalue weighted by Crippen LogP contribution is -2.50. The molecule has 1 aliphatic carbocycles. The molecule has 0 aromatic carbocycles. The molecule has 1 atom stereocenters. The SMILES string of the molecule is COCC1(C(=O)NCC2CC2(C)C)CCNCC1.Cl. The van der Waals surface area contributed by atoms with Crippen LogP contribution in [0, 0.1) is 16.7 Å². The van der Waals surface area contributed by atoms with Crippen molar-refractivity contribution >= 4 is 18.3 Å². The number of halogens is 1. The molecule has 0 aromatic heterocycles. The van der Waals surface area contributed by atoms with Gasteiger partial charge in [-0.3, -0.25) is 4.79 Å². The van der Waals surface area contributed by atoms with Gasteiger partial charge in [0.25, 0.3) is 0 Å². The molecular weight excluding hydrogens is 264 g/mol. The quantitative estimate of drug-likeness (QED) is 0.808. The molecule has 1 aliphatic heterocycles. The van der Waals surface area contributed by atoms with E-state index in [1.807, 2.05) is 0 Å². The third-order valence-corrected chi connectivity index (χ3v) is 4.69. The minimum absolute atomic E-state index is 0. The highest BCUT2D eigenvalue weighted by Gasteiger charge is 2.46. The van der Waals surface area contributed by atoms with Crippen LogP contribution in [0.1, 0.15) is 33.1 Å². The Kier molecular flexibility index (Phi) is 5.65. The largest absolute Gasteiger partial charge is 0.384 e. The van der Waals surface area contributed by atoms with Crippen molar-refractivity contribution in [1.82, 2.24) is 10.6 Å². The topological polar surface area (TPSA) is 50.4 Å². The number of nitrogens with one attached hydrogen (secondary N) is 2. The number of piperidine rings is 1. The Hall–Kier alpha value is -0.320. The zero-order chi connectivity index (χ0) is 13.2. The summed E-state index contributed by atoms with van der Waals surface area (Å²) in [7, 11) is 1.68. The summed E-state index contributed by atoms with van der Waals surface area (Å²) >= 11 is 0. The van der Waals surface area contributed by atoms with E-state index < -0.39 is 0 Å². The molecule has 112 valence electrons. The first-order chi connectivity index (χ1) is 8.50. The normalized spacial score (nSPS) is 27.2. The zero-order valence-corrected chi connectivity index (χ0v) is 13.1. The Labute approximate surface area is 122 Å². The minimum Gasteiger partial charge on any atom is -0.384 e. The highest BCUT2D eigenvalue weighted by atomic mass is 35.5. The summed E-state index contributed by atoms with van der Waals surface area (Å²) in [6, 6.07) is 0. The molecule has 1 heterocycles. The van der Waals surface area contributed by atoms with Crippen molar-refractivity contribution in [3.05, 3.63) is 0 Å². The highest BCUT2D eigenvalue weighted by molar-refractivity contribution is 5.85. The lowest BCUT2D eigenvalue weighted by atomic mass is 9.78. The van der Waals surface area contributed by atoms with Crippen LogP contribution in [0.2, 0.25) is 0 Å². The third-order valence-electron chi connectivity index (χ3n) is 4.69. The second-order valence-corrected chi connectivity index (χ2v) is 6.56. The first-order valence-electron chi connectivity index (χ1n) is 6.98. The van der Waals surface area contributed by atoms with Crippen LogP contribution >= 0.6 is 12.4 Å². The van der Waals surface area contributed by atoms with Crippen LogP contribution in [-0.2, 0) is 9.53 Å². The molecule has 19 heavy (non-hydrogen) atoms. The average molecular weight is 291 g/mol. The molecule has 2 N–H and O–H groups in total. The Morgan fingerprint density at radius 3 is 2.42 bits per heavy atom. The summed E-state index contributed by atoms with van der Waals surface area (Å²) in [5.74, 6) is 0.844. The smallest absolute Gasteiger partial charge is 0.228 e. The maximum absolute atomic E-state index is 12.4. The number of methoxy groups -OCH3 is 1. The average Bonchev–Trinajstić information content (AvgIpc) is 2.95. The minimum atomic E-state index is -0.307. The van der Waals surface area contributed by atoms with Crippen molar-refractivity contribution < 1.29 is 9.53 Å². The summed E-state index contributed by atoms with van der Waals surface area (Å²) in [4.78, 5) is 12.4. The zero-order valence-electron chi connectivity index (χ0n) is 12.3. The van der Waals surface area contributed by atoms with E-state index in [9.17, 15) is 4.79 Å². The van der Waals surface area contributed by atoms with Gasteiger partial charge < -0.3 is 15.4 Å². The number of amides is 1. The molecule has 2 rings (SSSR count). The second-order valence-electron chi connectivity index (χ2n) is 6.56. The van der Waals surface area contributed by atoms with Crippen molar-refractivity contribution in [2.75, 3.05) is 33.4 Å². The van der Waals surface area contributed by atoms with Gasteiger partial charge in [-0.25, -0.2) is 0 Å². The second kappa shape index (κ2) is 6.42. The van der Waals surface area contributed by atoms with Crippen molar-refractivity contribution in [3.63, 3.8) is 0 Å². The van der Waals surface area contributed by atoms with E-state index in [-0.39, 0.29) is 23.7 Å². The number of ether oxygens (including phenoxy) is 1. The van der Waals surface area contributed by atoms with Crippen molar-refractivity contribution in [2.24, 2.45) is 16.7 Å². The number of hydrogen-bond acceptors (Lipinski definition) is 3. The molecule has 5 heteroatoms. The molecule has 1 saturated heterocycles. The molecule has 0 bridgehead atoms. The van der Waals surface area contributed by atoms with E-state index in [0.717, 1.165) is 32.5 Å². The molecule has 2 fully saturated rings. The molecule has 0 radical (unpaired) electrons. The van der Waals surface area contributed by atoms with Crippen LogP contribution in [-0.4, -0.2) is 39.3 Å². The van der Waals surface area contributed by atoms with E-state index >= 15 is 0 Å². The first kappa shape index (κ1) is 16.7. The van der Waals surface area contributed by atoms with Gasteiger partial charge in [0.2, 0.25) is 5.91 Å². The molecular formula is C14H27ClN2O2. The van der Waals surface area contributed by atoms with Gasteiger partial charge in [0, 0.05) is 13.7 Å². The summed E-state index contributed by atoms with van der Waals surface area (Å²) in [6.45, 7) is 7.70. The number of hydrogen-bond donors (Lipinski definition) is 2. The van der Waals surface area contributed by atoms with Crippen molar-refractivity contribution in [2.45, 2.75) is 33.1 Å². The van der Waals surface area contributed by atoms with Gasteiger partial charge in [0.05, 0.1) is 12.0 Å². The summed E-state index contributed by atoms with van der Waals surface area (Å²) in [5.41, 5.74) is 0.120. The lowest BCUT2D eigenvalue weighted by molar-refractivity contribution is -0.136. The van der Waals surface area contributed by atoms with Gasteiger partial charge in [0.1, 0.15) is 0 Å². The predicted molar refractivity (Wildman–Crippen MR) is 78.6 cm³/mol. The maximum Gasteiger partial charge on any atom is 0.228 e. The van der Waals surface area contributed by atoms with E-state index in [2.05, 4.69) is 24.5 Å². The molecule has 1 unspecified atom stereocenters. The third kappa shape index (κ3) is 3.83. The number of rotatable bonds is 5. The van der Waals surface area contributed by atoms with Gasteiger partial charge in [-0.15, -0.1) is 12.4 Å². The van der Waals surface area contributed by atoms with Crippen LogP contribution in [0.4, 0.5) is 0 Å². The van der Waals surface area contributed by atoms with Gasteiger partial charge in [-0.2, -0.15) is 0 Å². The van der Waals surface area contributed by atoms with Crippen LogP contribution in [0.5, 0.6) is 0 Å². The van der Waals surface area contributed by atoms with Crippen LogP contribution < -0.4 is 10.6 Å². The summed E-state index contributed by atoms with van der Waals surface area (Å²) in [6.07, 6.45) is 2.98. The van der Waals surface area contributed by atoms with Crippen molar-refractivity contribution in [1.29, 1.82) is 0 Å². The number of carbonyl (C=O) groups is 1. The molecule has 0 aromatic rings. The maximum atomic E-state index is 12.4. The predicted octanol–water partition coefficient (Wildman–Crippen LogP) is 1.59. The molecule has 4 nitrogen and oxygen atoms in total. The molecule has 1 amide bonds. The molecule has 0 spiro atoms. The Morgan fingerprint density at radius 1 is 1.37 bits per heavy atom. The van der Waals surface area contributed by atoms with E-state index in [4.69, 9.17) is 4.74 Å². The molecule has 1 saturated carbocycles. The number of carbonyl (C=O) groups excluding carboxylic acids is 1. The Balaban J connectivity index is 0.00000180. The van der Waals surface area contributed by atoms with E-state index in [1.165, 1.54) is 6.42 Å². The van der Waals surface area contributed by atoms with E-state index in [0.29, 0.717) is 17.9 Å². The van der Waals surface area contributed by atoms with Crippen LogP contribution in [0.15, 0.2) is 0 Å². The lowest BCUT2D eigenvalue weighted by Gasteiger charge is -2.35. The first-order valence-corrected chi connectivity index (χ1v) is 6.98. The fourth-order valence-corrected chi connectivity index (χ4v) is 2.95. The van der Waals surface area contributed by atoms with Gasteiger partial charge in [0.15, 0.2) is 0 Å². The van der Waals surface area contributed by atoms with Gasteiger partial charge in [-0.05, 0) is 43.7 Å². The standard InChI is InChI=1S/C14H26N2O2.ClH/c1-13(2)8-11(13)9-16-12(17)14(10-18-3)4-6-15-7-5-14;/h11,15H,4-10H2,1-3H3,(H,16,17);1H. The molecule has 2 aliphatic rings. The van der Waals surface area contributed by atoms with Crippen LogP contribution in [0.25, 0.3) is 0 Å². The Morgan fingerprint density at radius 2 is 1.95 bits per heavy atom. The van der Waals surface area contributed by atoms with Crippen molar-refractivity contribution in [3.8, 4) is 0 Å². The fraction of sp³-hybridized carbons (Fsp3) is 0.929. The summed E-state index contributed by atoms with van der Waals surface area (Å²) < 4.78 is 5.28. The Bertz CT molecular complexity index is 309. The van der Waals surface area contributed by atoms with E-state index in [1.54, 1.807) is 7.11 Å². The monoisotopic (exact) mass is 290 g/mol. The summed E-state index contributed by atoms with van der Waals surface area (Å²) in [5, 5.41) is 6.46. The highest BCUT2D eigenvalue weighted by Crippen LogP contribution is 2.51. The van der Waals surface area contributed by atoms with Crippen LogP contribution in [0.3, 0.4) is 0 Å². The fourth-order valence-electron chi connectivity index (χ4n) is 2.95.